The molecule has 0 amide bonds. The topological polar surface area (TPSA) is 29.1 Å². The molecule has 1 aliphatic carbocycles. The lowest BCUT2D eigenvalue weighted by molar-refractivity contribution is 0.112. The highest BCUT2D eigenvalue weighted by atomic mass is 16.1. The van der Waals surface area contributed by atoms with Crippen LogP contribution in [-0.4, -0.2) is 12.3 Å². The molecular weight excluding hydrogens is 186 g/mol. The minimum atomic E-state index is 0.555. The molecular formula is C13H17NO. The molecule has 2 rings (SSSR count). The monoisotopic (exact) mass is 203 g/mol. The third kappa shape index (κ3) is 2.58. The molecule has 2 heteroatoms. The van der Waals surface area contributed by atoms with Gasteiger partial charge in [0.1, 0.15) is 0 Å². The molecule has 0 bridgehead atoms. The third-order valence-electron chi connectivity index (χ3n) is 3.05. The summed E-state index contributed by atoms with van der Waals surface area (Å²) in [6.07, 6.45) is 7.35. The smallest absolute Gasteiger partial charge is 0.152 e. The molecule has 1 aliphatic rings. The molecule has 80 valence electrons. The SMILES string of the molecule is O=Cc1ccccc1NC1CCCCC1. The number of benzene rings is 1. The highest BCUT2D eigenvalue weighted by molar-refractivity contribution is 5.84. The lowest BCUT2D eigenvalue weighted by atomic mass is 9.95. The fourth-order valence-electron chi connectivity index (χ4n) is 2.20. The van der Waals surface area contributed by atoms with Gasteiger partial charge in [0.05, 0.1) is 0 Å². The molecule has 2 nitrogen and oxygen atoms in total. The summed E-state index contributed by atoms with van der Waals surface area (Å²) in [6, 6.07) is 8.27. The first-order valence-electron chi connectivity index (χ1n) is 5.71. The van der Waals surface area contributed by atoms with E-state index in [9.17, 15) is 4.79 Å². The van der Waals surface area contributed by atoms with Gasteiger partial charge in [0.2, 0.25) is 0 Å². The number of aldehydes is 1. The molecule has 0 unspecified atom stereocenters. The van der Waals surface area contributed by atoms with E-state index in [0.717, 1.165) is 17.5 Å². The standard InChI is InChI=1S/C13H17NO/c15-10-11-6-4-5-9-13(11)14-12-7-2-1-3-8-12/h4-6,9-10,12,14H,1-3,7-8H2. The number of para-hydroxylation sites is 1. The Morgan fingerprint density at radius 1 is 1.13 bits per heavy atom. The average Bonchev–Trinajstić information content (AvgIpc) is 2.31. The fraction of sp³-hybridized carbons (Fsp3) is 0.462. The van der Waals surface area contributed by atoms with Crippen molar-refractivity contribution in [3.8, 4) is 0 Å². The van der Waals surface area contributed by atoms with Gasteiger partial charge in [-0.3, -0.25) is 4.79 Å². The minimum Gasteiger partial charge on any atom is -0.382 e. The highest BCUT2D eigenvalue weighted by Gasteiger charge is 2.13. The van der Waals surface area contributed by atoms with Crippen LogP contribution in [0.5, 0.6) is 0 Å². The van der Waals surface area contributed by atoms with Crippen LogP contribution < -0.4 is 5.32 Å². The lowest BCUT2D eigenvalue weighted by Crippen LogP contribution is -2.22. The number of nitrogens with one attached hydrogen (secondary N) is 1. The molecule has 1 aromatic carbocycles. The van der Waals surface area contributed by atoms with Crippen LogP contribution in [0.3, 0.4) is 0 Å². The number of anilines is 1. The number of carbonyl (C=O) groups excluding carboxylic acids is 1. The number of rotatable bonds is 3. The van der Waals surface area contributed by atoms with Crippen molar-refractivity contribution in [1.29, 1.82) is 0 Å². The maximum atomic E-state index is 10.8. The summed E-state index contributed by atoms with van der Waals surface area (Å²) in [4.78, 5) is 10.8. The van der Waals surface area contributed by atoms with Crippen LogP contribution in [0.1, 0.15) is 42.5 Å². The third-order valence-corrected chi connectivity index (χ3v) is 3.05. The van der Waals surface area contributed by atoms with Gasteiger partial charge in [-0.25, -0.2) is 0 Å². The molecule has 1 aromatic rings. The lowest BCUT2D eigenvalue weighted by Gasteiger charge is -2.24. The first-order valence-corrected chi connectivity index (χ1v) is 5.71. The second kappa shape index (κ2) is 4.96. The van der Waals surface area contributed by atoms with Crippen molar-refractivity contribution in [2.24, 2.45) is 0 Å². The van der Waals surface area contributed by atoms with Crippen LogP contribution in [0.25, 0.3) is 0 Å². The van der Waals surface area contributed by atoms with E-state index < -0.39 is 0 Å². The average molecular weight is 203 g/mol. The summed E-state index contributed by atoms with van der Waals surface area (Å²) in [5.74, 6) is 0. The molecule has 0 saturated heterocycles. The van der Waals surface area contributed by atoms with Crippen LogP contribution in [0.4, 0.5) is 5.69 Å². The van der Waals surface area contributed by atoms with Crippen molar-refractivity contribution in [1.82, 2.24) is 0 Å². The zero-order valence-corrected chi connectivity index (χ0v) is 8.91. The summed E-state index contributed by atoms with van der Waals surface area (Å²) >= 11 is 0. The first kappa shape index (κ1) is 10.2. The highest BCUT2D eigenvalue weighted by Crippen LogP contribution is 2.22. The van der Waals surface area contributed by atoms with Crippen LogP contribution in [0.2, 0.25) is 0 Å². The van der Waals surface area contributed by atoms with Gasteiger partial charge in [-0.05, 0) is 25.0 Å². The number of carbonyl (C=O) groups is 1. The number of hydrogen-bond donors (Lipinski definition) is 1. The summed E-state index contributed by atoms with van der Waals surface area (Å²) in [5, 5.41) is 3.47. The van der Waals surface area contributed by atoms with Gasteiger partial charge in [0.25, 0.3) is 0 Å². The van der Waals surface area contributed by atoms with Gasteiger partial charge >= 0.3 is 0 Å². The van der Waals surface area contributed by atoms with Crippen LogP contribution in [-0.2, 0) is 0 Å². The van der Waals surface area contributed by atoms with Crippen molar-refractivity contribution >= 4 is 12.0 Å². The van der Waals surface area contributed by atoms with E-state index in [1.54, 1.807) is 0 Å². The molecule has 1 saturated carbocycles. The molecule has 0 aliphatic heterocycles. The molecule has 0 heterocycles. The zero-order valence-electron chi connectivity index (χ0n) is 8.91. The normalized spacial score (nSPS) is 17.3. The maximum Gasteiger partial charge on any atom is 0.152 e. The Morgan fingerprint density at radius 3 is 2.60 bits per heavy atom. The van der Waals surface area contributed by atoms with E-state index in [2.05, 4.69) is 5.32 Å². The minimum absolute atomic E-state index is 0.555. The Hall–Kier alpha value is -1.31. The van der Waals surface area contributed by atoms with E-state index in [4.69, 9.17) is 0 Å². The molecule has 1 N–H and O–H groups in total. The van der Waals surface area contributed by atoms with Crippen LogP contribution >= 0.6 is 0 Å². The van der Waals surface area contributed by atoms with Crippen molar-refractivity contribution in [3.05, 3.63) is 29.8 Å². The summed E-state index contributed by atoms with van der Waals surface area (Å²) in [7, 11) is 0. The largest absolute Gasteiger partial charge is 0.382 e. The van der Waals surface area contributed by atoms with Crippen molar-refractivity contribution < 1.29 is 4.79 Å². The van der Waals surface area contributed by atoms with Crippen LogP contribution in [0.15, 0.2) is 24.3 Å². The molecule has 15 heavy (non-hydrogen) atoms. The van der Waals surface area contributed by atoms with Crippen molar-refractivity contribution in [3.63, 3.8) is 0 Å². The second-order valence-corrected chi connectivity index (χ2v) is 4.18. The predicted octanol–water partition coefficient (Wildman–Crippen LogP) is 3.24. The van der Waals surface area contributed by atoms with E-state index in [1.807, 2.05) is 24.3 Å². The molecule has 0 radical (unpaired) electrons. The molecule has 0 aromatic heterocycles. The number of hydrogen-bond acceptors (Lipinski definition) is 2. The Morgan fingerprint density at radius 2 is 1.87 bits per heavy atom. The van der Waals surface area contributed by atoms with Crippen LogP contribution in [0, 0.1) is 0 Å². The summed E-state index contributed by atoms with van der Waals surface area (Å²) in [6.45, 7) is 0. The van der Waals surface area contributed by atoms with E-state index >= 15 is 0 Å². The van der Waals surface area contributed by atoms with Crippen molar-refractivity contribution in [2.45, 2.75) is 38.1 Å². The molecule has 0 spiro atoms. The Labute approximate surface area is 90.7 Å². The predicted molar refractivity (Wildman–Crippen MR) is 62.3 cm³/mol. The maximum absolute atomic E-state index is 10.8. The quantitative estimate of drug-likeness (QED) is 0.764. The fourth-order valence-corrected chi connectivity index (χ4v) is 2.20. The van der Waals surface area contributed by atoms with Gasteiger partial charge in [-0.1, -0.05) is 31.4 Å². The van der Waals surface area contributed by atoms with Gasteiger partial charge in [-0.15, -0.1) is 0 Å². The second-order valence-electron chi connectivity index (χ2n) is 4.18. The zero-order chi connectivity index (χ0) is 10.5. The first-order chi connectivity index (χ1) is 7.40. The van der Waals surface area contributed by atoms with E-state index in [1.165, 1.54) is 32.1 Å². The van der Waals surface area contributed by atoms with Crippen molar-refractivity contribution in [2.75, 3.05) is 5.32 Å². The van der Waals surface area contributed by atoms with E-state index in [-0.39, 0.29) is 0 Å². The van der Waals surface area contributed by atoms with Gasteiger partial charge in [0.15, 0.2) is 6.29 Å². The molecule has 0 atom stereocenters. The van der Waals surface area contributed by atoms with E-state index in [0.29, 0.717) is 6.04 Å². The summed E-state index contributed by atoms with van der Waals surface area (Å²) in [5.41, 5.74) is 1.75. The van der Waals surface area contributed by atoms with Gasteiger partial charge in [0, 0.05) is 17.3 Å². The molecule has 1 fully saturated rings. The van der Waals surface area contributed by atoms with Gasteiger partial charge in [-0.2, -0.15) is 0 Å². The Balaban J connectivity index is 2.05. The summed E-state index contributed by atoms with van der Waals surface area (Å²) < 4.78 is 0. The Kier molecular flexibility index (Phi) is 3.38. The Bertz CT molecular complexity index is 329. The van der Waals surface area contributed by atoms with Gasteiger partial charge < -0.3 is 5.32 Å².